The molecule has 1 N–H and O–H groups in total. The molecule has 0 spiro atoms. The third-order valence-electron chi connectivity index (χ3n) is 5.60. The van der Waals surface area contributed by atoms with Crippen LogP contribution in [0.4, 0.5) is 4.79 Å². The maximum atomic E-state index is 13.1. The number of benzene rings is 2. The quantitative estimate of drug-likeness (QED) is 0.617. The van der Waals surface area contributed by atoms with Crippen LogP contribution >= 0.6 is 0 Å². The van der Waals surface area contributed by atoms with Gasteiger partial charge in [-0.05, 0) is 18.4 Å². The lowest BCUT2D eigenvalue weighted by Crippen LogP contribution is -2.51. The summed E-state index contributed by atoms with van der Waals surface area (Å²) in [6.45, 7) is 7.92. The van der Waals surface area contributed by atoms with Gasteiger partial charge in [-0.25, -0.2) is 9.59 Å². The van der Waals surface area contributed by atoms with Gasteiger partial charge in [0.15, 0.2) is 0 Å². The minimum Gasteiger partial charge on any atom is -0.463 e. The Morgan fingerprint density at radius 2 is 1.69 bits per heavy atom. The largest absolute Gasteiger partial charge is 0.463 e. The molecule has 1 heterocycles. The Labute approximate surface area is 188 Å². The molecule has 1 amide bonds. The molecule has 3 rings (SSSR count). The summed E-state index contributed by atoms with van der Waals surface area (Å²) in [4.78, 5) is 31.4. The molecule has 0 radical (unpaired) electrons. The summed E-state index contributed by atoms with van der Waals surface area (Å²) < 4.78 is 10.8. The molecule has 7 heteroatoms. The number of amides is 1. The highest BCUT2D eigenvalue weighted by Crippen LogP contribution is 2.42. The number of carbonyl (C=O) groups is 2. The van der Waals surface area contributed by atoms with Gasteiger partial charge >= 0.3 is 12.1 Å². The van der Waals surface area contributed by atoms with E-state index >= 15 is 0 Å². The summed E-state index contributed by atoms with van der Waals surface area (Å²) in [5.41, 5.74) is 0.700. The first-order valence-corrected chi connectivity index (χ1v) is 10.9. The lowest BCUT2D eigenvalue weighted by molar-refractivity contribution is -0.174. The third-order valence-corrected chi connectivity index (χ3v) is 5.60. The third kappa shape index (κ3) is 4.77. The van der Waals surface area contributed by atoms with E-state index < -0.39 is 29.6 Å². The highest BCUT2D eigenvalue weighted by Gasteiger charge is 2.57. The number of nitrogens with one attached hydrogen (secondary N) is 1. The first-order valence-electron chi connectivity index (χ1n) is 10.9. The lowest BCUT2D eigenvalue weighted by atomic mass is 9.77. The minimum atomic E-state index is -1.41. The normalized spacial score (nSPS) is 20.8. The van der Waals surface area contributed by atoms with Crippen LogP contribution in [-0.2, 0) is 31.3 Å². The maximum absolute atomic E-state index is 13.1. The predicted molar refractivity (Wildman–Crippen MR) is 121 cm³/mol. The number of rotatable bonds is 8. The van der Waals surface area contributed by atoms with Crippen molar-refractivity contribution in [3.8, 4) is 0 Å². The number of carbonyl (C=O) groups excluding carboxylic acids is 2. The molecule has 7 nitrogen and oxygen atoms in total. The van der Waals surface area contributed by atoms with Crippen molar-refractivity contribution in [3.63, 3.8) is 0 Å². The van der Waals surface area contributed by atoms with Crippen molar-refractivity contribution >= 4 is 17.8 Å². The average molecular weight is 439 g/mol. The van der Waals surface area contributed by atoms with Crippen LogP contribution in [0.15, 0.2) is 65.8 Å². The van der Waals surface area contributed by atoms with Crippen molar-refractivity contribution in [2.45, 2.75) is 45.9 Å². The Bertz CT molecular complexity index is 945. The standard InChI is InChI=1S/C25H30N2O5/c1-5-30-23(28)25(20-14-10-7-11-15-20)18(4)22(27-32-25)21(17(2)3)26-24(29)31-16-19-12-8-6-9-13-19/h6-15,17-18,21H,5,16H2,1-4H3,(H,26,29)/t18?,21-,25?/m0/s1. The van der Waals surface area contributed by atoms with E-state index in [0.717, 1.165) is 5.56 Å². The van der Waals surface area contributed by atoms with Crippen molar-refractivity contribution in [3.05, 3.63) is 71.8 Å². The first-order chi connectivity index (χ1) is 15.4. The van der Waals surface area contributed by atoms with E-state index in [2.05, 4.69) is 10.5 Å². The molecule has 1 aliphatic rings. The van der Waals surface area contributed by atoms with Gasteiger partial charge in [0.1, 0.15) is 6.61 Å². The monoisotopic (exact) mass is 438 g/mol. The van der Waals surface area contributed by atoms with Crippen LogP contribution in [0.5, 0.6) is 0 Å². The van der Waals surface area contributed by atoms with Gasteiger partial charge in [0, 0.05) is 5.56 Å². The van der Waals surface area contributed by atoms with Crippen molar-refractivity contribution in [1.29, 1.82) is 0 Å². The molecular formula is C25H30N2O5. The van der Waals surface area contributed by atoms with Crippen molar-refractivity contribution in [2.75, 3.05) is 6.61 Å². The second-order valence-corrected chi connectivity index (χ2v) is 8.08. The van der Waals surface area contributed by atoms with E-state index in [1.807, 2.05) is 81.4 Å². The van der Waals surface area contributed by atoms with Gasteiger partial charge in [-0.15, -0.1) is 0 Å². The molecule has 0 aromatic heterocycles. The smallest absolute Gasteiger partial charge is 0.408 e. The number of nitrogens with zero attached hydrogens (tertiary/aromatic N) is 1. The van der Waals surface area contributed by atoms with E-state index in [0.29, 0.717) is 11.3 Å². The van der Waals surface area contributed by atoms with Crippen molar-refractivity contribution < 1.29 is 23.9 Å². The molecule has 0 saturated carbocycles. The van der Waals surface area contributed by atoms with Gasteiger partial charge < -0.3 is 19.6 Å². The van der Waals surface area contributed by atoms with E-state index in [9.17, 15) is 9.59 Å². The van der Waals surface area contributed by atoms with Crippen LogP contribution in [0.3, 0.4) is 0 Å². The van der Waals surface area contributed by atoms with E-state index in [1.54, 1.807) is 6.92 Å². The fourth-order valence-electron chi connectivity index (χ4n) is 3.85. The van der Waals surface area contributed by atoms with Gasteiger partial charge in [-0.1, -0.05) is 86.6 Å². The van der Waals surface area contributed by atoms with Crippen LogP contribution in [0.25, 0.3) is 0 Å². The molecular weight excluding hydrogens is 408 g/mol. The number of esters is 1. The Hall–Kier alpha value is -3.35. The second-order valence-electron chi connectivity index (χ2n) is 8.08. The highest BCUT2D eigenvalue weighted by atomic mass is 16.7. The van der Waals surface area contributed by atoms with Crippen LogP contribution in [0.2, 0.25) is 0 Å². The second kappa shape index (κ2) is 10.3. The average Bonchev–Trinajstić information content (AvgIpc) is 3.15. The summed E-state index contributed by atoms with van der Waals surface area (Å²) in [6, 6.07) is 18.1. The van der Waals surface area contributed by atoms with Gasteiger partial charge in [0.25, 0.3) is 5.60 Å². The molecule has 32 heavy (non-hydrogen) atoms. The summed E-state index contributed by atoms with van der Waals surface area (Å²) in [5.74, 6) is -0.991. The number of ether oxygens (including phenoxy) is 2. The molecule has 2 unspecified atom stereocenters. The lowest BCUT2D eigenvalue weighted by Gasteiger charge is -2.31. The topological polar surface area (TPSA) is 86.2 Å². The van der Waals surface area contributed by atoms with E-state index in [-0.39, 0.29) is 19.1 Å². The van der Waals surface area contributed by atoms with Crippen molar-refractivity contribution in [1.82, 2.24) is 5.32 Å². The number of oxime groups is 1. The fraction of sp³-hybridized carbons (Fsp3) is 0.400. The zero-order valence-corrected chi connectivity index (χ0v) is 18.9. The Balaban J connectivity index is 1.79. The fourth-order valence-corrected chi connectivity index (χ4v) is 3.85. The van der Waals surface area contributed by atoms with E-state index in [4.69, 9.17) is 14.3 Å². The Morgan fingerprint density at radius 1 is 1.06 bits per heavy atom. The highest BCUT2D eigenvalue weighted by molar-refractivity contribution is 6.00. The molecule has 0 aliphatic carbocycles. The SMILES string of the molecule is CCOC(=O)C1(c2ccccc2)ON=C([C@@H](NC(=O)OCc2ccccc2)C(C)C)C1C. The molecule has 1 aliphatic heterocycles. The summed E-state index contributed by atoms with van der Waals surface area (Å²) in [6.07, 6.45) is -0.559. The van der Waals surface area contributed by atoms with Gasteiger partial charge in [0.05, 0.1) is 24.3 Å². The zero-order valence-electron chi connectivity index (χ0n) is 18.9. The van der Waals surface area contributed by atoms with Gasteiger partial charge in [0.2, 0.25) is 0 Å². The predicted octanol–water partition coefficient (Wildman–Crippen LogP) is 4.42. The van der Waals surface area contributed by atoms with Crippen LogP contribution in [0.1, 0.15) is 38.8 Å². The summed E-state index contributed by atoms with van der Waals surface area (Å²) in [7, 11) is 0. The van der Waals surface area contributed by atoms with Crippen LogP contribution in [-0.4, -0.2) is 30.4 Å². The summed E-state index contributed by atoms with van der Waals surface area (Å²) >= 11 is 0. The van der Waals surface area contributed by atoms with Crippen LogP contribution < -0.4 is 5.32 Å². The Kier molecular flexibility index (Phi) is 7.51. The molecule has 0 fully saturated rings. The molecule has 0 saturated heterocycles. The Morgan fingerprint density at radius 3 is 2.28 bits per heavy atom. The van der Waals surface area contributed by atoms with Gasteiger partial charge in [-0.3, -0.25) is 0 Å². The zero-order chi connectivity index (χ0) is 23.1. The molecule has 2 aromatic rings. The molecule has 3 atom stereocenters. The molecule has 2 aromatic carbocycles. The first kappa shape index (κ1) is 23.3. The van der Waals surface area contributed by atoms with E-state index in [1.165, 1.54) is 0 Å². The molecule has 0 bridgehead atoms. The number of hydrogen-bond acceptors (Lipinski definition) is 6. The number of alkyl carbamates (subject to hydrolysis) is 1. The van der Waals surface area contributed by atoms with Crippen LogP contribution in [0, 0.1) is 11.8 Å². The number of hydrogen-bond donors (Lipinski definition) is 1. The minimum absolute atomic E-state index is 0.0159. The molecule has 170 valence electrons. The van der Waals surface area contributed by atoms with Gasteiger partial charge in [-0.2, -0.15) is 0 Å². The maximum Gasteiger partial charge on any atom is 0.408 e. The summed E-state index contributed by atoms with van der Waals surface area (Å²) in [5, 5.41) is 7.18. The van der Waals surface area contributed by atoms with Crippen molar-refractivity contribution in [2.24, 2.45) is 17.0 Å².